The van der Waals surface area contributed by atoms with Gasteiger partial charge in [-0.2, -0.15) is 0 Å². The monoisotopic (exact) mass is 408 g/mol. The predicted octanol–water partition coefficient (Wildman–Crippen LogP) is 3.22. The zero-order valence-electron chi connectivity index (χ0n) is 12.5. The van der Waals surface area contributed by atoms with Crippen LogP contribution in [0.5, 0.6) is 0 Å². The van der Waals surface area contributed by atoms with Crippen molar-refractivity contribution in [2.45, 2.75) is 39.5 Å². The first-order valence-corrected chi connectivity index (χ1v) is 7.91. The molecule has 2 unspecified atom stereocenters. The molecule has 0 amide bonds. The Morgan fingerprint density at radius 2 is 2.40 bits per heavy atom. The van der Waals surface area contributed by atoms with Crippen molar-refractivity contribution < 1.29 is 0 Å². The summed E-state index contributed by atoms with van der Waals surface area (Å²) in [5, 5.41) is 3.24. The highest BCUT2D eigenvalue weighted by Gasteiger charge is 2.18. The van der Waals surface area contributed by atoms with E-state index in [-0.39, 0.29) is 24.0 Å². The van der Waals surface area contributed by atoms with Gasteiger partial charge in [0.25, 0.3) is 0 Å². The first-order chi connectivity index (χ1) is 9.06. The summed E-state index contributed by atoms with van der Waals surface area (Å²) in [5.74, 6) is 1.77. The molecule has 2 atom stereocenters. The lowest BCUT2D eigenvalue weighted by molar-refractivity contribution is 0.270. The third-order valence-corrected chi connectivity index (χ3v) is 4.76. The zero-order chi connectivity index (χ0) is 13.8. The Bertz CT molecular complexity index is 446. The minimum Gasteiger partial charge on any atom is -0.370 e. The Kier molecular flexibility index (Phi) is 7.22. The molecule has 114 valence electrons. The minimum atomic E-state index is 0. The number of aryl methyl sites for hydroxylation is 1. The number of hydrogen-bond donors (Lipinski definition) is 1. The van der Waals surface area contributed by atoms with Crippen molar-refractivity contribution in [2.75, 3.05) is 19.6 Å². The molecule has 0 aliphatic carbocycles. The van der Waals surface area contributed by atoms with E-state index in [1.165, 1.54) is 12.8 Å². The van der Waals surface area contributed by atoms with Crippen LogP contribution in [0.15, 0.2) is 10.4 Å². The molecule has 2 heterocycles. The van der Waals surface area contributed by atoms with Crippen molar-refractivity contribution in [3.8, 4) is 0 Å². The van der Waals surface area contributed by atoms with E-state index in [1.54, 1.807) is 11.3 Å². The molecule has 0 radical (unpaired) electrons. The summed E-state index contributed by atoms with van der Waals surface area (Å²) >= 11 is 1.71. The number of nitrogens with zero attached hydrogens (tertiary/aromatic N) is 3. The molecule has 1 aromatic rings. The molecule has 1 aliphatic heterocycles. The van der Waals surface area contributed by atoms with Crippen LogP contribution in [0.3, 0.4) is 0 Å². The van der Waals surface area contributed by atoms with Gasteiger partial charge in [0.2, 0.25) is 0 Å². The van der Waals surface area contributed by atoms with Crippen molar-refractivity contribution in [1.29, 1.82) is 0 Å². The van der Waals surface area contributed by atoms with E-state index in [9.17, 15) is 0 Å². The molecule has 0 bridgehead atoms. The molecular formula is C14H25IN4S. The van der Waals surface area contributed by atoms with Gasteiger partial charge in [0.15, 0.2) is 5.96 Å². The zero-order valence-corrected chi connectivity index (χ0v) is 15.6. The van der Waals surface area contributed by atoms with Crippen LogP contribution >= 0.6 is 35.3 Å². The number of aromatic nitrogens is 1. The fourth-order valence-electron chi connectivity index (χ4n) is 2.40. The first kappa shape index (κ1) is 17.7. The standard InChI is InChI=1S/C14H24N4S.HI/c1-10-5-4-6-18(8-10)14(15)16-7-11(2)13-17-12(3)9-19-13;/h9-11H,4-8H2,1-3H3,(H2,15,16);1H. The molecular weight excluding hydrogens is 383 g/mol. The topological polar surface area (TPSA) is 54.5 Å². The van der Waals surface area contributed by atoms with Gasteiger partial charge in [0, 0.05) is 30.1 Å². The Labute approximate surface area is 142 Å². The van der Waals surface area contributed by atoms with Crippen molar-refractivity contribution in [3.63, 3.8) is 0 Å². The average molecular weight is 408 g/mol. The summed E-state index contributed by atoms with van der Waals surface area (Å²) in [7, 11) is 0. The largest absolute Gasteiger partial charge is 0.370 e. The molecule has 2 N–H and O–H groups in total. The number of likely N-dealkylation sites (tertiary alicyclic amines) is 1. The van der Waals surface area contributed by atoms with Gasteiger partial charge < -0.3 is 10.6 Å². The quantitative estimate of drug-likeness (QED) is 0.475. The molecule has 0 spiro atoms. The Hall–Kier alpha value is -0.370. The summed E-state index contributed by atoms with van der Waals surface area (Å²) in [6, 6.07) is 0. The van der Waals surface area contributed by atoms with Gasteiger partial charge in [-0.05, 0) is 25.7 Å². The molecule has 6 heteroatoms. The van der Waals surface area contributed by atoms with Crippen LogP contribution in [0.4, 0.5) is 0 Å². The third kappa shape index (κ3) is 4.87. The van der Waals surface area contributed by atoms with Gasteiger partial charge in [-0.25, -0.2) is 4.98 Å². The van der Waals surface area contributed by atoms with E-state index >= 15 is 0 Å². The van der Waals surface area contributed by atoms with Crippen LogP contribution in [0.2, 0.25) is 0 Å². The van der Waals surface area contributed by atoms with E-state index in [4.69, 9.17) is 5.73 Å². The van der Waals surface area contributed by atoms with Crippen LogP contribution in [0.1, 0.15) is 43.3 Å². The van der Waals surface area contributed by atoms with E-state index < -0.39 is 0 Å². The first-order valence-electron chi connectivity index (χ1n) is 7.03. The SMILES string of the molecule is Cc1csc(C(C)CN=C(N)N2CCCC(C)C2)n1.I. The van der Waals surface area contributed by atoms with E-state index in [0.717, 1.165) is 36.3 Å². The van der Waals surface area contributed by atoms with E-state index in [0.29, 0.717) is 11.9 Å². The highest BCUT2D eigenvalue weighted by Crippen LogP contribution is 2.20. The van der Waals surface area contributed by atoms with Crippen LogP contribution in [0.25, 0.3) is 0 Å². The summed E-state index contributed by atoms with van der Waals surface area (Å²) in [6.07, 6.45) is 2.52. The number of aliphatic imine (C=N–C) groups is 1. The maximum atomic E-state index is 6.10. The maximum Gasteiger partial charge on any atom is 0.191 e. The van der Waals surface area contributed by atoms with Gasteiger partial charge in [0.05, 0.1) is 11.6 Å². The van der Waals surface area contributed by atoms with Gasteiger partial charge in [-0.1, -0.05) is 13.8 Å². The second-order valence-electron chi connectivity index (χ2n) is 5.62. The smallest absolute Gasteiger partial charge is 0.191 e. The lowest BCUT2D eigenvalue weighted by atomic mass is 10.0. The summed E-state index contributed by atoms with van der Waals surface area (Å²) in [6.45, 7) is 9.28. The Morgan fingerprint density at radius 1 is 1.65 bits per heavy atom. The number of thiazole rings is 1. The van der Waals surface area contributed by atoms with E-state index in [1.807, 2.05) is 6.92 Å². The van der Waals surface area contributed by atoms with Crippen molar-refractivity contribution in [2.24, 2.45) is 16.6 Å². The summed E-state index contributed by atoms with van der Waals surface area (Å²) < 4.78 is 0. The fourth-order valence-corrected chi connectivity index (χ4v) is 3.25. The van der Waals surface area contributed by atoms with Crippen LogP contribution in [-0.4, -0.2) is 35.5 Å². The second kappa shape index (κ2) is 8.17. The summed E-state index contributed by atoms with van der Waals surface area (Å²) in [4.78, 5) is 11.3. The van der Waals surface area contributed by atoms with Crippen molar-refractivity contribution in [3.05, 3.63) is 16.1 Å². The van der Waals surface area contributed by atoms with Gasteiger partial charge in [-0.15, -0.1) is 35.3 Å². The second-order valence-corrected chi connectivity index (χ2v) is 6.51. The van der Waals surface area contributed by atoms with Crippen LogP contribution < -0.4 is 5.73 Å². The van der Waals surface area contributed by atoms with Crippen molar-refractivity contribution in [1.82, 2.24) is 9.88 Å². The lowest BCUT2D eigenvalue weighted by Gasteiger charge is -2.31. The number of guanidine groups is 1. The van der Waals surface area contributed by atoms with Gasteiger partial charge in [-0.3, -0.25) is 4.99 Å². The molecule has 1 saturated heterocycles. The number of rotatable bonds is 3. The normalized spacial score (nSPS) is 21.4. The number of hydrogen-bond acceptors (Lipinski definition) is 3. The third-order valence-electron chi connectivity index (χ3n) is 3.57. The molecule has 1 fully saturated rings. The molecule has 0 saturated carbocycles. The van der Waals surface area contributed by atoms with E-state index in [2.05, 4.69) is 34.1 Å². The lowest BCUT2D eigenvalue weighted by Crippen LogP contribution is -2.43. The highest BCUT2D eigenvalue weighted by molar-refractivity contribution is 14.0. The number of halogens is 1. The number of nitrogens with two attached hydrogens (primary N) is 1. The maximum absolute atomic E-state index is 6.10. The Balaban J connectivity index is 0.00000200. The molecule has 2 rings (SSSR count). The van der Waals surface area contributed by atoms with Crippen molar-refractivity contribution >= 4 is 41.3 Å². The number of piperidine rings is 1. The van der Waals surface area contributed by atoms with Crippen LogP contribution in [0, 0.1) is 12.8 Å². The molecule has 1 aliphatic rings. The fraction of sp³-hybridized carbons (Fsp3) is 0.714. The van der Waals surface area contributed by atoms with Gasteiger partial charge >= 0.3 is 0 Å². The molecule has 1 aromatic heterocycles. The minimum absolute atomic E-state index is 0. The van der Waals surface area contributed by atoms with Gasteiger partial charge in [0.1, 0.15) is 0 Å². The average Bonchev–Trinajstić information content (AvgIpc) is 2.82. The van der Waals surface area contributed by atoms with Crippen LogP contribution in [-0.2, 0) is 0 Å². The Morgan fingerprint density at radius 3 is 3.00 bits per heavy atom. The summed E-state index contributed by atoms with van der Waals surface area (Å²) in [5.41, 5.74) is 7.19. The molecule has 0 aromatic carbocycles. The molecule has 20 heavy (non-hydrogen) atoms. The predicted molar refractivity (Wildman–Crippen MR) is 97.1 cm³/mol. The highest BCUT2D eigenvalue weighted by atomic mass is 127. The molecule has 4 nitrogen and oxygen atoms in total.